The number of benzene rings is 1. The summed E-state index contributed by atoms with van der Waals surface area (Å²) in [6.45, 7) is -2.80. The second kappa shape index (κ2) is 11.0. The summed E-state index contributed by atoms with van der Waals surface area (Å²) in [6.07, 6.45) is -9.91. The van der Waals surface area contributed by atoms with Crippen LogP contribution in [0.2, 0.25) is 5.02 Å². The van der Waals surface area contributed by atoms with Gasteiger partial charge >= 0.3 is 24.2 Å². The van der Waals surface area contributed by atoms with Gasteiger partial charge in [0, 0.05) is 25.0 Å². The minimum atomic E-state index is -6.73. The number of nitrogens with zero attached hydrogens (tertiary/aromatic N) is 3. The van der Waals surface area contributed by atoms with Crippen LogP contribution in [-0.2, 0) is 13.2 Å². The van der Waals surface area contributed by atoms with Gasteiger partial charge in [-0.05, 0) is 30.5 Å². The molecule has 0 atom stereocenters. The average Bonchev–Trinajstić information content (AvgIpc) is 3.57. The van der Waals surface area contributed by atoms with Gasteiger partial charge in [0.15, 0.2) is 12.2 Å². The lowest BCUT2D eigenvalue weighted by molar-refractivity contribution is -0.358. The predicted octanol–water partition coefficient (Wildman–Crippen LogP) is 6.19. The van der Waals surface area contributed by atoms with Gasteiger partial charge in [0.2, 0.25) is 5.88 Å². The summed E-state index contributed by atoms with van der Waals surface area (Å²) in [5.74, 6) is -16.1. The van der Waals surface area contributed by atoms with E-state index in [0.29, 0.717) is 23.7 Å². The van der Waals surface area contributed by atoms with Gasteiger partial charge in [-0.3, -0.25) is 4.79 Å². The van der Waals surface area contributed by atoms with Crippen LogP contribution in [0.4, 0.5) is 49.7 Å². The number of rotatable bonds is 10. The molecule has 1 amide bonds. The van der Waals surface area contributed by atoms with Crippen molar-refractivity contribution in [1.29, 1.82) is 10.7 Å². The highest BCUT2D eigenvalue weighted by molar-refractivity contribution is 6.34. The van der Waals surface area contributed by atoms with Crippen LogP contribution in [0.5, 0.6) is 5.88 Å². The molecule has 1 saturated carbocycles. The Labute approximate surface area is 234 Å². The van der Waals surface area contributed by atoms with Crippen molar-refractivity contribution in [2.45, 2.75) is 42.6 Å². The lowest BCUT2D eigenvalue weighted by atomic mass is 10.0. The molecule has 8 nitrogen and oxygen atoms in total. The van der Waals surface area contributed by atoms with Crippen LogP contribution in [0.3, 0.4) is 0 Å². The highest BCUT2D eigenvalue weighted by atomic mass is 35.5. The van der Waals surface area contributed by atoms with Crippen LogP contribution < -0.4 is 15.4 Å². The van der Waals surface area contributed by atoms with E-state index in [9.17, 15) is 48.7 Å². The van der Waals surface area contributed by atoms with Gasteiger partial charge in [-0.1, -0.05) is 17.7 Å². The lowest BCUT2D eigenvalue weighted by Gasteiger charge is -2.27. The molecule has 0 bridgehead atoms. The van der Waals surface area contributed by atoms with E-state index in [0.717, 1.165) is 13.2 Å². The molecule has 0 spiro atoms. The number of allylic oxidation sites excluding steroid dienone is 1. The molecule has 1 heterocycles. The molecule has 0 saturated heterocycles. The fourth-order valence-corrected chi connectivity index (χ4v) is 3.59. The Hall–Kier alpha value is -4.01. The Morgan fingerprint density at radius 3 is 2.31 bits per heavy atom. The summed E-state index contributed by atoms with van der Waals surface area (Å²) in [5, 5.41) is 24.5. The number of carbonyl (C=O) groups is 1. The molecule has 0 aliphatic heterocycles. The van der Waals surface area contributed by atoms with E-state index < -0.39 is 59.5 Å². The maximum atomic E-state index is 13.8. The molecule has 1 aromatic carbocycles. The highest BCUT2D eigenvalue weighted by Crippen LogP contribution is 2.47. The lowest BCUT2D eigenvalue weighted by Crippen LogP contribution is -2.54. The molecule has 2 aromatic rings. The third kappa shape index (κ3) is 6.40. The van der Waals surface area contributed by atoms with E-state index in [-0.39, 0.29) is 21.7 Å². The Balaban J connectivity index is 1.92. The maximum Gasteiger partial charge on any atom is 0.460 e. The van der Waals surface area contributed by atoms with Crippen LogP contribution >= 0.6 is 11.6 Å². The van der Waals surface area contributed by atoms with Crippen LogP contribution in [0.15, 0.2) is 24.4 Å². The zero-order valence-corrected chi connectivity index (χ0v) is 21.6. The molecular formula is C23H17ClF10N6O2. The molecular weight excluding hydrogens is 618 g/mol. The minimum Gasteiger partial charge on any atom is -0.469 e. The Kier molecular flexibility index (Phi) is 8.51. The first-order valence-electron chi connectivity index (χ1n) is 11.3. The fourth-order valence-electron chi connectivity index (χ4n) is 3.39. The fraction of sp³-hybridized carbons (Fsp3) is 0.391. The number of ether oxygens (including phenoxy) is 1. The largest absolute Gasteiger partial charge is 0.469 e. The minimum absolute atomic E-state index is 0.0528. The Morgan fingerprint density at radius 1 is 1.19 bits per heavy atom. The second-order valence-electron chi connectivity index (χ2n) is 8.95. The summed E-state index contributed by atoms with van der Waals surface area (Å²) < 4.78 is 136. The third-order valence-electron chi connectivity index (χ3n) is 5.89. The van der Waals surface area contributed by atoms with E-state index >= 15 is 0 Å². The molecule has 3 rings (SSSR count). The van der Waals surface area contributed by atoms with Crippen LogP contribution in [0.1, 0.15) is 34.3 Å². The van der Waals surface area contributed by atoms with Gasteiger partial charge in [-0.15, -0.1) is 5.10 Å². The first-order valence-corrected chi connectivity index (χ1v) is 11.7. The first-order chi connectivity index (χ1) is 19.2. The number of alkyl halides is 10. The van der Waals surface area contributed by atoms with Gasteiger partial charge in [-0.2, -0.15) is 49.2 Å². The molecule has 19 heteroatoms. The number of nitrogens with one attached hydrogen (secondary N) is 3. The third-order valence-corrected chi connectivity index (χ3v) is 6.21. The van der Waals surface area contributed by atoms with E-state index in [4.69, 9.17) is 22.3 Å². The zero-order chi connectivity index (χ0) is 31.9. The van der Waals surface area contributed by atoms with E-state index in [1.165, 1.54) is 18.2 Å². The standard InChI is InChI=1S/C23H17ClF10N6O2/c1-40-16(15(21(27,28)29)18(39-40)42-10-20(25,26)22(30,31)23(32,33)34)37-8-12(7-35)11-2-3-14(24)13(6-11)17(41)38-19(9-36)4-5-19/h2-3,6-8,35,37H,4-5,10H2,1H3,(H,38,41)/b12-8+,35-7?. The normalized spacial score (nSPS) is 15.5. The van der Waals surface area contributed by atoms with Crippen molar-refractivity contribution < 1.29 is 53.4 Å². The molecule has 1 aliphatic rings. The topological polar surface area (TPSA) is 116 Å². The van der Waals surface area contributed by atoms with Crippen LogP contribution in [-0.4, -0.2) is 52.1 Å². The molecule has 42 heavy (non-hydrogen) atoms. The van der Waals surface area contributed by atoms with Gasteiger partial charge in [0.1, 0.15) is 11.4 Å². The maximum absolute atomic E-state index is 13.8. The van der Waals surface area contributed by atoms with Crippen molar-refractivity contribution in [2.75, 3.05) is 11.9 Å². The van der Waals surface area contributed by atoms with Gasteiger partial charge in [-0.25, -0.2) is 4.68 Å². The average molecular weight is 635 g/mol. The second-order valence-corrected chi connectivity index (χ2v) is 9.35. The molecule has 1 fully saturated rings. The number of aromatic nitrogens is 2. The number of carbonyl (C=O) groups excluding carboxylic acids is 1. The van der Waals surface area contributed by atoms with Crippen molar-refractivity contribution >= 4 is 35.1 Å². The van der Waals surface area contributed by atoms with Crippen LogP contribution in [0, 0.1) is 16.7 Å². The van der Waals surface area contributed by atoms with E-state index in [1.54, 1.807) is 0 Å². The summed E-state index contributed by atoms with van der Waals surface area (Å²) in [5.41, 5.74) is -3.23. The van der Waals surface area contributed by atoms with E-state index in [2.05, 4.69) is 20.5 Å². The van der Waals surface area contributed by atoms with Crippen molar-refractivity contribution in [3.8, 4) is 11.9 Å². The monoisotopic (exact) mass is 634 g/mol. The Bertz CT molecular complexity index is 1460. The summed E-state index contributed by atoms with van der Waals surface area (Å²) in [6, 6.07) is 5.65. The van der Waals surface area contributed by atoms with Gasteiger partial charge < -0.3 is 20.8 Å². The van der Waals surface area contributed by atoms with Gasteiger partial charge in [0.05, 0.1) is 16.7 Å². The number of anilines is 1. The quantitative estimate of drug-likeness (QED) is 0.213. The molecule has 0 radical (unpaired) electrons. The van der Waals surface area contributed by atoms with Crippen LogP contribution in [0.25, 0.3) is 5.57 Å². The number of nitriles is 1. The van der Waals surface area contributed by atoms with Crippen molar-refractivity contribution in [2.24, 2.45) is 7.05 Å². The number of aryl methyl sites for hydroxylation is 1. The number of hydrogen-bond acceptors (Lipinski definition) is 6. The Morgan fingerprint density at radius 2 is 1.81 bits per heavy atom. The summed E-state index contributed by atoms with van der Waals surface area (Å²) in [4.78, 5) is 12.6. The smallest absolute Gasteiger partial charge is 0.460 e. The highest BCUT2D eigenvalue weighted by Gasteiger charge is 2.73. The van der Waals surface area contributed by atoms with Crippen molar-refractivity contribution in [1.82, 2.24) is 15.1 Å². The molecule has 1 aromatic heterocycles. The molecule has 1 aliphatic carbocycles. The summed E-state index contributed by atoms with van der Waals surface area (Å²) >= 11 is 6.06. The zero-order valence-electron chi connectivity index (χ0n) is 20.8. The first kappa shape index (κ1) is 32.5. The van der Waals surface area contributed by atoms with E-state index in [1.807, 2.05) is 6.07 Å². The number of halogens is 11. The SMILES string of the molecule is Cn1nc(OCC(F)(F)C(F)(F)C(F)(F)F)c(C(F)(F)F)c1N/C=C(\C=N)c1ccc(Cl)c(C(=O)NC2(C#N)CC2)c1. The summed E-state index contributed by atoms with van der Waals surface area (Å²) in [7, 11) is 0.846. The van der Waals surface area contributed by atoms with Gasteiger partial charge in [0.25, 0.3) is 5.91 Å². The number of amides is 1. The number of hydrogen-bond donors (Lipinski definition) is 3. The molecule has 0 unspecified atom stereocenters. The van der Waals surface area contributed by atoms with Crippen molar-refractivity contribution in [3.63, 3.8) is 0 Å². The molecule has 228 valence electrons. The molecule has 3 N–H and O–H groups in total. The predicted molar refractivity (Wildman–Crippen MR) is 127 cm³/mol. The van der Waals surface area contributed by atoms with Crippen molar-refractivity contribution in [3.05, 3.63) is 46.1 Å².